The lowest BCUT2D eigenvalue weighted by Crippen LogP contribution is -2.56. The van der Waals surface area contributed by atoms with Crippen LogP contribution in [0.4, 0.5) is 0 Å². The molecule has 1 aromatic carbocycles. The summed E-state index contributed by atoms with van der Waals surface area (Å²) in [5.41, 5.74) is 6.02. The van der Waals surface area contributed by atoms with Crippen LogP contribution in [0.5, 0.6) is 5.75 Å². The molecule has 1 rings (SSSR count). The van der Waals surface area contributed by atoms with Crippen LogP contribution in [-0.2, 0) is 11.2 Å². The van der Waals surface area contributed by atoms with Gasteiger partial charge in [0.1, 0.15) is 5.75 Å². The predicted molar refractivity (Wildman–Crippen MR) is 81.8 cm³/mol. The Balaban J connectivity index is 2.53. The molecule has 4 heteroatoms. The quantitative estimate of drug-likeness (QED) is 0.766. The highest BCUT2D eigenvalue weighted by atomic mass is 16.5. The largest absolute Gasteiger partial charge is 0.494 e. The van der Waals surface area contributed by atoms with Gasteiger partial charge in [0.15, 0.2) is 0 Å². The first-order chi connectivity index (χ1) is 9.37. The summed E-state index contributed by atoms with van der Waals surface area (Å²) in [5, 5.41) is 3.21. The zero-order valence-corrected chi connectivity index (χ0v) is 12.9. The van der Waals surface area contributed by atoms with Gasteiger partial charge in [-0.1, -0.05) is 19.1 Å². The van der Waals surface area contributed by atoms with Crippen molar-refractivity contribution in [2.45, 2.75) is 52.1 Å². The summed E-state index contributed by atoms with van der Waals surface area (Å²) in [4.78, 5) is 11.6. The Bertz CT molecular complexity index is 429. The van der Waals surface area contributed by atoms with Crippen molar-refractivity contribution in [1.29, 1.82) is 0 Å². The molecule has 0 heterocycles. The zero-order chi connectivity index (χ0) is 15.2. The summed E-state index contributed by atoms with van der Waals surface area (Å²) in [6.45, 7) is 8.37. The monoisotopic (exact) mass is 278 g/mol. The van der Waals surface area contributed by atoms with Crippen LogP contribution in [0, 0.1) is 0 Å². The number of carbonyl (C=O) groups is 1. The van der Waals surface area contributed by atoms with Gasteiger partial charge in [0.05, 0.1) is 12.1 Å². The fraction of sp³-hybridized carbons (Fsp3) is 0.562. The van der Waals surface area contributed by atoms with Crippen molar-refractivity contribution in [1.82, 2.24) is 5.32 Å². The minimum Gasteiger partial charge on any atom is -0.494 e. The van der Waals surface area contributed by atoms with E-state index in [0.717, 1.165) is 12.2 Å². The zero-order valence-electron chi connectivity index (χ0n) is 12.9. The molecule has 1 amide bonds. The molecule has 3 N–H and O–H groups in total. The molecule has 1 unspecified atom stereocenters. The first-order valence-corrected chi connectivity index (χ1v) is 7.16. The molecule has 0 saturated heterocycles. The van der Waals surface area contributed by atoms with Crippen molar-refractivity contribution in [2.24, 2.45) is 5.73 Å². The minimum absolute atomic E-state index is 0.191. The number of primary amides is 1. The molecular weight excluding hydrogens is 252 g/mol. The second-order valence-electron chi connectivity index (χ2n) is 5.59. The molecule has 0 bridgehead atoms. The lowest BCUT2D eigenvalue weighted by atomic mass is 9.96. The number of nitrogens with one attached hydrogen (secondary N) is 1. The summed E-state index contributed by atoms with van der Waals surface area (Å²) in [6.07, 6.45) is 1.55. The fourth-order valence-corrected chi connectivity index (χ4v) is 2.10. The number of aryl methyl sites for hydroxylation is 1. The van der Waals surface area contributed by atoms with Crippen LogP contribution in [0.3, 0.4) is 0 Å². The highest BCUT2D eigenvalue weighted by Gasteiger charge is 2.31. The smallest absolute Gasteiger partial charge is 0.237 e. The second-order valence-corrected chi connectivity index (χ2v) is 5.59. The van der Waals surface area contributed by atoms with Gasteiger partial charge in [-0.15, -0.1) is 0 Å². The van der Waals surface area contributed by atoms with Crippen molar-refractivity contribution in [2.75, 3.05) is 6.61 Å². The number of hydrogen-bond donors (Lipinski definition) is 2. The lowest BCUT2D eigenvalue weighted by molar-refractivity contribution is -0.124. The number of rotatable bonds is 8. The maximum atomic E-state index is 11.6. The molecule has 20 heavy (non-hydrogen) atoms. The van der Waals surface area contributed by atoms with Gasteiger partial charge in [0.25, 0.3) is 0 Å². The molecular formula is C16H26N2O2. The molecule has 0 spiro atoms. The maximum absolute atomic E-state index is 11.6. The van der Waals surface area contributed by atoms with E-state index in [4.69, 9.17) is 10.5 Å². The summed E-state index contributed by atoms with van der Waals surface area (Å²) < 4.78 is 5.69. The van der Waals surface area contributed by atoms with Crippen molar-refractivity contribution in [3.8, 4) is 5.75 Å². The van der Waals surface area contributed by atoms with Gasteiger partial charge in [-0.05, 0) is 44.9 Å². The average molecular weight is 278 g/mol. The Kier molecular flexibility index (Phi) is 6.02. The van der Waals surface area contributed by atoms with Crippen LogP contribution < -0.4 is 15.8 Å². The van der Waals surface area contributed by atoms with E-state index in [-0.39, 0.29) is 11.9 Å². The van der Waals surface area contributed by atoms with Gasteiger partial charge in [-0.3, -0.25) is 4.79 Å². The Morgan fingerprint density at radius 3 is 2.40 bits per heavy atom. The predicted octanol–water partition coefficient (Wildman–Crippen LogP) is 2.26. The SMILES string of the molecule is CCc1ccc(OCCC(C)(NC(C)C)C(N)=O)cc1. The van der Waals surface area contributed by atoms with E-state index in [1.807, 2.05) is 32.9 Å². The first kappa shape index (κ1) is 16.5. The average Bonchev–Trinajstić information content (AvgIpc) is 2.38. The third-order valence-corrected chi connectivity index (χ3v) is 3.35. The number of benzene rings is 1. The van der Waals surface area contributed by atoms with Crippen LogP contribution in [-0.4, -0.2) is 24.1 Å². The van der Waals surface area contributed by atoms with E-state index in [2.05, 4.69) is 24.4 Å². The molecule has 1 atom stereocenters. The maximum Gasteiger partial charge on any atom is 0.237 e. The summed E-state index contributed by atoms with van der Waals surface area (Å²) in [6, 6.07) is 8.20. The second kappa shape index (κ2) is 7.29. The van der Waals surface area contributed by atoms with Crippen LogP contribution >= 0.6 is 0 Å². The van der Waals surface area contributed by atoms with Crippen LogP contribution in [0.2, 0.25) is 0 Å². The standard InChI is InChI=1S/C16H26N2O2/c1-5-13-6-8-14(9-7-13)20-11-10-16(4,15(17)19)18-12(2)3/h6-9,12,18H,5,10-11H2,1-4H3,(H2,17,19). The molecule has 0 aliphatic heterocycles. The number of hydrogen-bond acceptors (Lipinski definition) is 3. The van der Waals surface area contributed by atoms with E-state index in [9.17, 15) is 4.79 Å². The minimum atomic E-state index is -0.739. The van der Waals surface area contributed by atoms with Gasteiger partial charge in [0.2, 0.25) is 5.91 Å². The highest BCUT2D eigenvalue weighted by molar-refractivity contribution is 5.84. The number of nitrogens with two attached hydrogens (primary N) is 1. The summed E-state index contributed by atoms with van der Waals surface area (Å²) >= 11 is 0. The van der Waals surface area contributed by atoms with Gasteiger partial charge in [-0.25, -0.2) is 0 Å². The molecule has 4 nitrogen and oxygen atoms in total. The van der Waals surface area contributed by atoms with Crippen molar-refractivity contribution >= 4 is 5.91 Å². The van der Waals surface area contributed by atoms with Crippen molar-refractivity contribution in [3.63, 3.8) is 0 Å². The molecule has 0 saturated carbocycles. The molecule has 0 aliphatic rings. The first-order valence-electron chi connectivity index (χ1n) is 7.16. The number of ether oxygens (including phenoxy) is 1. The third-order valence-electron chi connectivity index (χ3n) is 3.35. The Morgan fingerprint density at radius 1 is 1.35 bits per heavy atom. The van der Waals surface area contributed by atoms with Crippen LogP contribution in [0.1, 0.15) is 39.7 Å². The Hall–Kier alpha value is -1.55. The van der Waals surface area contributed by atoms with Gasteiger partial charge in [-0.2, -0.15) is 0 Å². The fourth-order valence-electron chi connectivity index (χ4n) is 2.10. The Morgan fingerprint density at radius 2 is 1.95 bits per heavy atom. The van der Waals surface area contributed by atoms with Gasteiger partial charge >= 0.3 is 0 Å². The van der Waals surface area contributed by atoms with E-state index in [1.165, 1.54) is 5.56 Å². The molecule has 112 valence electrons. The van der Waals surface area contributed by atoms with Crippen molar-refractivity contribution < 1.29 is 9.53 Å². The van der Waals surface area contributed by atoms with Crippen molar-refractivity contribution in [3.05, 3.63) is 29.8 Å². The van der Waals surface area contributed by atoms with E-state index >= 15 is 0 Å². The highest BCUT2D eigenvalue weighted by Crippen LogP contribution is 2.15. The molecule has 0 aliphatic carbocycles. The van der Waals surface area contributed by atoms with E-state index < -0.39 is 5.54 Å². The molecule has 0 fully saturated rings. The molecule has 1 aromatic rings. The Labute approximate surface area is 121 Å². The van der Waals surface area contributed by atoms with Crippen LogP contribution in [0.15, 0.2) is 24.3 Å². The van der Waals surface area contributed by atoms with Gasteiger partial charge in [0, 0.05) is 12.5 Å². The molecule has 0 radical (unpaired) electrons. The lowest BCUT2D eigenvalue weighted by Gasteiger charge is -2.29. The van der Waals surface area contributed by atoms with Gasteiger partial charge < -0.3 is 15.8 Å². The third kappa shape index (κ3) is 4.85. The van der Waals surface area contributed by atoms with Crippen LogP contribution in [0.25, 0.3) is 0 Å². The van der Waals surface area contributed by atoms with E-state index in [0.29, 0.717) is 13.0 Å². The summed E-state index contributed by atoms with van der Waals surface area (Å²) in [5.74, 6) is 0.467. The summed E-state index contributed by atoms with van der Waals surface area (Å²) in [7, 11) is 0. The number of carbonyl (C=O) groups excluding carboxylic acids is 1. The number of amides is 1. The normalized spacial score (nSPS) is 14.1. The molecule has 0 aromatic heterocycles. The van der Waals surface area contributed by atoms with E-state index in [1.54, 1.807) is 0 Å². The topological polar surface area (TPSA) is 64.3 Å².